The Morgan fingerprint density at radius 1 is 1.33 bits per heavy atom. The lowest BCUT2D eigenvalue weighted by molar-refractivity contribution is 0.419. The minimum atomic E-state index is -0.694. The van der Waals surface area contributed by atoms with E-state index in [4.69, 9.17) is 21.6 Å². The first-order valence-corrected chi connectivity index (χ1v) is 5.38. The Kier molecular flexibility index (Phi) is 3.70. The summed E-state index contributed by atoms with van der Waals surface area (Å²) in [5.41, 5.74) is 0.853. The predicted molar refractivity (Wildman–Crippen MR) is 62.8 cm³/mol. The van der Waals surface area contributed by atoms with Crippen molar-refractivity contribution >= 4 is 11.6 Å². The molecule has 0 aliphatic heterocycles. The molecule has 0 fully saturated rings. The Balaban J connectivity index is 2.18. The summed E-state index contributed by atoms with van der Waals surface area (Å²) in [5.74, 6) is -0.520. The standard InChI is InChI=1S/C12H7ClFN3O/c13-12-16-7-10(14)11(17-12)18-9-3-1-8(2-4-9)5-6-15/h1-4,7H,5H2. The second kappa shape index (κ2) is 5.43. The summed E-state index contributed by atoms with van der Waals surface area (Å²) in [7, 11) is 0. The van der Waals surface area contributed by atoms with Crippen LogP contribution in [-0.4, -0.2) is 9.97 Å². The average Bonchev–Trinajstić information content (AvgIpc) is 2.37. The van der Waals surface area contributed by atoms with E-state index >= 15 is 0 Å². The van der Waals surface area contributed by atoms with E-state index in [1.807, 2.05) is 6.07 Å². The molecule has 1 aromatic carbocycles. The minimum Gasteiger partial charge on any atom is -0.436 e. The van der Waals surface area contributed by atoms with Crippen LogP contribution in [0.5, 0.6) is 11.6 Å². The van der Waals surface area contributed by atoms with Crippen LogP contribution < -0.4 is 4.74 Å². The van der Waals surface area contributed by atoms with Crippen molar-refractivity contribution in [2.75, 3.05) is 0 Å². The lowest BCUT2D eigenvalue weighted by Crippen LogP contribution is -1.94. The van der Waals surface area contributed by atoms with E-state index in [1.165, 1.54) is 0 Å². The van der Waals surface area contributed by atoms with Crippen LogP contribution in [-0.2, 0) is 6.42 Å². The lowest BCUT2D eigenvalue weighted by Gasteiger charge is -2.05. The van der Waals surface area contributed by atoms with Gasteiger partial charge in [-0.05, 0) is 29.3 Å². The molecule has 0 saturated heterocycles. The zero-order chi connectivity index (χ0) is 13.0. The van der Waals surface area contributed by atoms with Gasteiger partial charge in [-0.15, -0.1) is 0 Å². The van der Waals surface area contributed by atoms with E-state index in [0.717, 1.165) is 11.8 Å². The highest BCUT2D eigenvalue weighted by Crippen LogP contribution is 2.23. The summed E-state index contributed by atoms with van der Waals surface area (Å²) in [6.07, 6.45) is 1.25. The van der Waals surface area contributed by atoms with Crippen LogP contribution in [0.4, 0.5) is 4.39 Å². The van der Waals surface area contributed by atoms with Crippen LogP contribution in [0.25, 0.3) is 0 Å². The Labute approximate surface area is 108 Å². The van der Waals surface area contributed by atoms with Crippen molar-refractivity contribution in [3.05, 3.63) is 47.1 Å². The minimum absolute atomic E-state index is 0.0903. The maximum Gasteiger partial charge on any atom is 0.260 e. The molecule has 0 aliphatic carbocycles. The van der Waals surface area contributed by atoms with E-state index < -0.39 is 5.82 Å². The van der Waals surface area contributed by atoms with Gasteiger partial charge in [0, 0.05) is 0 Å². The van der Waals surface area contributed by atoms with Gasteiger partial charge < -0.3 is 4.74 Å². The highest BCUT2D eigenvalue weighted by Gasteiger charge is 2.08. The van der Waals surface area contributed by atoms with Crippen LogP contribution in [0.1, 0.15) is 5.56 Å². The van der Waals surface area contributed by atoms with Gasteiger partial charge in [-0.1, -0.05) is 12.1 Å². The molecule has 1 heterocycles. The van der Waals surface area contributed by atoms with Crippen LogP contribution in [0.15, 0.2) is 30.5 Å². The molecule has 0 spiro atoms. The first kappa shape index (κ1) is 12.3. The number of ether oxygens (including phenoxy) is 1. The summed E-state index contributed by atoms with van der Waals surface area (Å²) in [5, 5.41) is 8.44. The van der Waals surface area contributed by atoms with Gasteiger partial charge in [0.1, 0.15) is 5.75 Å². The molecule has 18 heavy (non-hydrogen) atoms. The average molecular weight is 264 g/mol. The van der Waals surface area contributed by atoms with Crippen LogP contribution in [0.2, 0.25) is 5.28 Å². The number of benzene rings is 1. The molecule has 4 nitrogen and oxygen atoms in total. The van der Waals surface area contributed by atoms with Crippen molar-refractivity contribution in [1.29, 1.82) is 5.26 Å². The van der Waals surface area contributed by atoms with Crippen LogP contribution >= 0.6 is 11.6 Å². The molecular formula is C12H7ClFN3O. The van der Waals surface area contributed by atoms with Gasteiger partial charge in [0.2, 0.25) is 11.1 Å². The van der Waals surface area contributed by atoms with Gasteiger partial charge in [0.15, 0.2) is 0 Å². The molecule has 0 N–H and O–H groups in total. The van der Waals surface area contributed by atoms with Gasteiger partial charge in [0.05, 0.1) is 18.7 Å². The second-order valence-corrected chi connectivity index (χ2v) is 3.71. The van der Waals surface area contributed by atoms with Gasteiger partial charge in [-0.25, -0.2) is 4.98 Å². The van der Waals surface area contributed by atoms with Gasteiger partial charge >= 0.3 is 0 Å². The van der Waals surface area contributed by atoms with Crippen molar-refractivity contribution < 1.29 is 9.13 Å². The van der Waals surface area contributed by atoms with Crippen LogP contribution in [0, 0.1) is 17.1 Å². The van der Waals surface area contributed by atoms with E-state index in [1.54, 1.807) is 24.3 Å². The first-order chi connectivity index (χ1) is 8.69. The summed E-state index contributed by atoms with van der Waals surface area (Å²) in [6, 6.07) is 8.73. The molecule has 6 heteroatoms. The van der Waals surface area contributed by atoms with Crippen LogP contribution in [0.3, 0.4) is 0 Å². The van der Waals surface area contributed by atoms with E-state index in [-0.39, 0.29) is 11.2 Å². The third-order valence-corrected chi connectivity index (χ3v) is 2.29. The fourth-order valence-electron chi connectivity index (χ4n) is 1.28. The molecule has 2 aromatic rings. The maximum absolute atomic E-state index is 13.3. The summed E-state index contributed by atoms with van der Waals surface area (Å²) < 4.78 is 18.5. The van der Waals surface area contributed by atoms with Crippen molar-refractivity contribution in [3.63, 3.8) is 0 Å². The molecule has 0 saturated carbocycles. The predicted octanol–water partition coefficient (Wildman–Crippen LogP) is 3.13. The first-order valence-electron chi connectivity index (χ1n) is 5.01. The topological polar surface area (TPSA) is 58.8 Å². The number of nitriles is 1. The summed E-state index contributed by atoms with van der Waals surface area (Å²) in [6.45, 7) is 0. The fraction of sp³-hybridized carbons (Fsp3) is 0.0833. The largest absolute Gasteiger partial charge is 0.436 e. The normalized spacial score (nSPS) is 9.83. The van der Waals surface area contributed by atoms with E-state index in [9.17, 15) is 4.39 Å². The Morgan fingerprint density at radius 2 is 2.06 bits per heavy atom. The van der Waals surface area contributed by atoms with Crippen molar-refractivity contribution in [1.82, 2.24) is 9.97 Å². The smallest absolute Gasteiger partial charge is 0.260 e. The number of rotatable bonds is 3. The molecule has 0 radical (unpaired) electrons. The highest BCUT2D eigenvalue weighted by molar-refractivity contribution is 6.28. The van der Waals surface area contributed by atoms with E-state index in [0.29, 0.717) is 12.2 Å². The SMILES string of the molecule is N#CCc1ccc(Oc2nc(Cl)ncc2F)cc1. The third kappa shape index (κ3) is 2.93. The Bertz CT molecular complexity index is 595. The molecule has 90 valence electrons. The van der Waals surface area contributed by atoms with Crippen molar-refractivity contribution in [2.24, 2.45) is 0 Å². The quantitative estimate of drug-likeness (QED) is 0.798. The van der Waals surface area contributed by atoms with E-state index in [2.05, 4.69) is 9.97 Å². The molecule has 0 atom stereocenters. The van der Waals surface area contributed by atoms with Crippen molar-refractivity contribution in [3.8, 4) is 17.7 Å². The number of aromatic nitrogens is 2. The monoisotopic (exact) mass is 263 g/mol. The van der Waals surface area contributed by atoms with Gasteiger partial charge in [0.25, 0.3) is 5.88 Å². The fourth-order valence-corrected chi connectivity index (χ4v) is 1.41. The molecule has 1 aromatic heterocycles. The lowest BCUT2D eigenvalue weighted by atomic mass is 10.2. The summed E-state index contributed by atoms with van der Waals surface area (Å²) >= 11 is 5.54. The highest BCUT2D eigenvalue weighted by atomic mass is 35.5. The summed E-state index contributed by atoms with van der Waals surface area (Å²) in [4.78, 5) is 7.11. The number of nitrogens with zero attached hydrogens (tertiary/aromatic N) is 3. The third-order valence-electron chi connectivity index (χ3n) is 2.10. The zero-order valence-electron chi connectivity index (χ0n) is 9.10. The Morgan fingerprint density at radius 3 is 2.72 bits per heavy atom. The number of hydrogen-bond donors (Lipinski definition) is 0. The molecule has 0 aliphatic rings. The Hall–Kier alpha value is -2.19. The number of hydrogen-bond acceptors (Lipinski definition) is 4. The molecular weight excluding hydrogens is 257 g/mol. The zero-order valence-corrected chi connectivity index (χ0v) is 9.86. The van der Waals surface area contributed by atoms with Gasteiger partial charge in [-0.3, -0.25) is 0 Å². The second-order valence-electron chi connectivity index (χ2n) is 3.37. The number of halogens is 2. The van der Waals surface area contributed by atoms with Gasteiger partial charge in [-0.2, -0.15) is 14.6 Å². The van der Waals surface area contributed by atoms with Crippen molar-refractivity contribution in [2.45, 2.75) is 6.42 Å². The maximum atomic E-state index is 13.3. The molecule has 0 bridgehead atoms. The molecule has 2 rings (SSSR count). The molecule has 0 unspecified atom stereocenters. The molecule has 0 amide bonds.